The Kier molecular flexibility index (Phi) is 5.85. The van der Waals surface area contributed by atoms with Crippen molar-refractivity contribution < 1.29 is 0 Å². The molecule has 0 saturated carbocycles. The van der Waals surface area contributed by atoms with Crippen molar-refractivity contribution >= 4 is 67.8 Å². The van der Waals surface area contributed by atoms with Gasteiger partial charge >= 0.3 is 0 Å². The van der Waals surface area contributed by atoms with Gasteiger partial charge in [-0.05, 0) is 98.3 Å². The Balaban J connectivity index is 2.92. The summed E-state index contributed by atoms with van der Waals surface area (Å²) in [6.07, 6.45) is 3.38. The fraction of sp³-hybridized carbons (Fsp3) is 0.300. The van der Waals surface area contributed by atoms with Gasteiger partial charge in [-0.1, -0.05) is 13.3 Å². The van der Waals surface area contributed by atoms with Crippen LogP contribution < -0.4 is 0 Å². The fourth-order valence-corrected chi connectivity index (χ4v) is 5.23. The second kappa shape index (κ2) is 6.09. The van der Waals surface area contributed by atoms with Crippen LogP contribution in [0.5, 0.6) is 0 Å². The summed E-state index contributed by atoms with van der Waals surface area (Å²) in [5.41, 5.74) is 1.49. The zero-order valence-electron chi connectivity index (χ0n) is 7.12. The molecule has 0 atom stereocenters. The maximum absolute atomic E-state index is 3.87. The van der Waals surface area contributed by atoms with Crippen LogP contribution in [0, 0.1) is 17.6 Å². The maximum atomic E-state index is 3.87. The van der Waals surface area contributed by atoms with Crippen LogP contribution in [0.3, 0.4) is 0 Å². The Hall–Kier alpha value is 1.41. The van der Waals surface area contributed by atoms with Crippen molar-refractivity contribution in [3.05, 3.63) is 35.3 Å². The average Bonchev–Trinajstić information content (AvgIpc) is 2.02. The van der Waals surface area contributed by atoms with E-state index in [1.165, 1.54) is 22.7 Å². The van der Waals surface area contributed by atoms with E-state index in [4.69, 9.17) is 0 Å². The number of hydrogen-bond acceptors (Lipinski definition) is 0. The average molecular weight is 511 g/mol. The maximum Gasteiger partial charge on any atom is 0.0183 e. The van der Waals surface area contributed by atoms with Gasteiger partial charge in [0.05, 0.1) is 0 Å². The molecule has 3 heteroatoms. The first kappa shape index (κ1) is 12.5. The Labute approximate surface area is 121 Å². The molecule has 0 aliphatic carbocycles. The summed E-state index contributed by atoms with van der Waals surface area (Å²) in [6.45, 7) is 3.87. The zero-order valence-corrected chi connectivity index (χ0v) is 13.6. The van der Waals surface area contributed by atoms with Crippen LogP contribution in [0.4, 0.5) is 0 Å². The van der Waals surface area contributed by atoms with Gasteiger partial charge in [0.25, 0.3) is 0 Å². The van der Waals surface area contributed by atoms with E-state index >= 15 is 0 Å². The van der Waals surface area contributed by atoms with Gasteiger partial charge in [0, 0.05) is 10.7 Å². The molecule has 0 aliphatic rings. The number of hydrogen-bond donors (Lipinski definition) is 0. The Morgan fingerprint density at radius 1 is 1.08 bits per heavy atom. The standard InChI is InChI=1S/C10H10I3/c1-2-3-4-8-9(12)5-7(11)6-10(8)13/h5-6H,1-4H2. The van der Waals surface area contributed by atoms with E-state index < -0.39 is 0 Å². The molecule has 0 heterocycles. The summed E-state index contributed by atoms with van der Waals surface area (Å²) in [4.78, 5) is 0. The molecule has 0 aliphatic heterocycles. The molecule has 0 fully saturated rings. The van der Waals surface area contributed by atoms with Gasteiger partial charge in [-0.15, -0.1) is 0 Å². The van der Waals surface area contributed by atoms with Crippen LogP contribution in [0.15, 0.2) is 12.1 Å². The summed E-state index contributed by atoms with van der Waals surface area (Å²) in [5.74, 6) is 0. The summed E-state index contributed by atoms with van der Waals surface area (Å²) in [5, 5.41) is 0. The molecule has 1 radical (unpaired) electrons. The Morgan fingerprint density at radius 3 is 2.08 bits per heavy atom. The second-order valence-corrected chi connectivity index (χ2v) is 6.38. The van der Waals surface area contributed by atoms with Crippen LogP contribution in [0.1, 0.15) is 18.4 Å². The van der Waals surface area contributed by atoms with Crippen molar-refractivity contribution in [1.29, 1.82) is 0 Å². The predicted molar refractivity (Wildman–Crippen MR) is 82.9 cm³/mol. The highest BCUT2D eigenvalue weighted by Crippen LogP contribution is 2.23. The Morgan fingerprint density at radius 2 is 1.62 bits per heavy atom. The number of halogens is 3. The van der Waals surface area contributed by atoms with Gasteiger partial charge < -0.3 is 0 Å². The minimum absolute atomic E-state index is 1.03. The monoisotopic (exact) mass is 511 g/mol. The van der Waals surface area contributed by atoms with E-state index in [1.54, 1.807) is 0 Å². The quantitative estimate of drug-likeness (QED) is 0.519. The number of benzene rings is 1. The lowest BCUT2D eigenvalue weighted by Gasteiger charge is -2.07. The normalized spacial score (nSPS) is 10.5. The lowest BCUT2D eigenvalue weighted by molar-refractivity contribution is 0.833. The lowest BCUT2D eigenvalue weighted by Crippen LogP contribution is -1.94. The largest absolute Gasteiger partial charge is 0.0533 e. The molecule has 0 spiro atoms. The molecule has 0 bridgehead atoms. The van der Waals surface area contributed by atoms with Gasteiger partial charge in [-0.2, -0.15) is 0 Å². The highest BCUT2D eigenvalue weighted by molar-refractivity contribution is 14.1. The zero-order chi connectivity index (χ0) is 9.84. The van der Waals surface area contributed by atoms with Crippen LogP contribution in [0.25, 0.3) is 0 Å². The van der Waals surface area contributed by atoms with Crippen LogP contribution in [-0.4, -0.2) is 0 Å². The Bertz CT molecular complexity index is 271. The molecular weight excluding hydrogens is 501 g/mol. The van der Waals surface area contributed by atoms with Crippen molar-refractivity contribution in [2.45, 2.75) is 19.3 Å². The first-order valence-electron chi connectivity index (χ1n) is 4.08. The molecule has 71 valence electrons. The highest BCUT2D eigenvalue weighted by Gasteiger charge is 2.05. The third kappa shape index (κ3) is 3.81. The lowest BCUT2D eigenvalue weighted by atomic mass is 10.1. The van der Waals surface area contributed by atoms with Crippen molar-refractivity contribution in [2.75, 3.05) is 0 Å². The van der Waals surface area contributed by atoms with E-state index in [0.717, 1.165) is 12.8 Å². The second-order valence-electron chi connectivity index (χ2n) is 2.81. The van der Waals surface area contributed by atoms with Crippen molar-refractivity contribution in [1.82, 2.24) is 0 Å². The van der Waals surface area contributed by atoms with Gasteiger partial charge in [0.15, 0.2) is 0 Å². The molecule has 0 N–H and O–H groups in total. The third-order valence-corrected chi connectivity index (χ3v) is 4.33. The van der Waals surface area contributed by atoms with Crippen molar-refractivity contribution in [3.8, 4) is 0 Å². The van der Waals surface area contributed by atoms with E-state index in [0.29, 0.717) is 0 Å². The minimum Gasteiger partial charge on any atom is -0.0533 e. The molecule has 0 amide bonds. The fourth-order valence-electron chi connectivity index (χ4n) is 1.11. The summed E-state index contributed by atoms with van der Waals surface area (Å²) >= 11 is 7.21. The molecule has 1 aromatic rings. The first-order valence-corrected chi connectivity index (χ1v) is 7.31. The first-order chi connectivity index (χ1) is 6.15. The molecule has 0 saturated heterocycles. The van der Waals surface area contributed by atoms with Crippen molar-refractivity contribution in [2.24, 2.45) is 0 Å². The summed E-state index contributed by atoms with van der Waals surface area (Å²) in [7, 11) is 0. The van der Waals surface area contributed by atoms with E-state index in [9.17, 15) is 0 Å². The van der Waals surface area contributed by atoms with E-state index in [2.05, 4.69) is 86.8 Å². The van der Waals surface area contributed by atoms with Gasteiger partial charge in [-0.25, -0.2) is 0 Å². The van der Waals surface area contributed by atoms with Crippen molar-refractivity contribution in [3.63, 3.8) is 0 Å². The molecular formula is C10H10I3. The smallest absolute Gasteiger partial charge is 0.0183 e. The highest BCUT2D eigenvalue weighted by atomic mass is 127. The molecule has 0 nitrogen and oxygen atoms in total. The van der Waals surface area contributed by atoms with Gasteiger partial charge in [0.1, 0.15) is 0 Å². The molecule has 0 aromatic heterocycles. The topological polar surface area (TPSA) is 0 Å². The van der Waals surface area contributed by atoms with Crippen LogP contribution in [0.2, 0.25) is 0 Å². The molecule has 0 unspecified atom stereocenters. The van der Waals surface area contributed by atoms with Crippen LogP contribution in [-0.2, 0) is 6.42 Å². The van der Waals surface area contributed by atoms with Gasteiger partial charge in [-0.3, -0.25) is 0 Å². The minimum atomic E-state index is 1.03. The van der Waals surface area contributed by atoms with E-state index in [-0.39, 0.29) is 0 Å². The summed E-state index contributed by atoms with van der Waals surface area (Å²) in [6, 6.07) is 4.48. The molecule has 1 aromatic carbocycles. The predicted octanol–water partition coefficient (Wildman–Crippen LogP) is 4.66. The number of rotatable bonds is 3. The molecule has 1 rings (SSSR count). The summed E-state index contributed by atoms with van der Waals surface area (Å²) < 4.78 is 4.11. The van der Waals surface area contributed by atoms with Crippen LogP contribution >= 0.6 is 67.8 Å². The SMILES string of the molecule is [CH2]CCCc1c(I)cc(I)cc1I. The molecule has 13 heavy (non-hydrogen) atoms. The van der Waals surface area contributed by atoms with E-state index in [1.807, 2.05) is 0 Å². The third-order valence-electron chi connectivity index (χ3n) is 1.78. The van der Waals surface area contributed by atoms with Gasteiger partial charge in [0.2, 0.25) is 0 Å². The number of unbranched alkanes of at least 4 members (excludes halogenated alkanes) is 1.